The fraction of sp³-hybridized carbons (Fsp3) is 0.188. The Kier molecular flexibility index (Phi) is 4.29. The Labute approximate surface area is 111 Å². The SMILES string of the molecule is CCC(=O)c1ccc(OCc2ccccc2)c(F)c1. The van der Waals surface area contributed by atoms with Crippen LogP contribution in [0.25, 0.3) is 0 Å². The number of ether oxygens (including phenoxy) is 1. The van der Waals surface area contributed by atoms with Crippen molar-refractivity contribution in [1.82, 2.24) is 0 Å². The molecule has 2 nitrogen and oxygen atoms in total. The molecule has 0 amide bonds. The van der Waals surface area contributed by atoms with E-state index in [1.165, 1.54) is 12.1 Å². The van der Waals surface area contributed by atoms with Crippen LogP contribution in [-0.2, 0) is 6.61 Å². The van der Waals surface area contributed by atoms with Crippen molar-refractivity contribution < 1.29 is 13.9 Å². The highest BCUT2D eigenvalue weighted by Crippen LogP contribution is 2.20. The number of ketones is 1. The summed E-state index contributed by atoms with van der Waals surface area (Å²) in [4.78, 5) is 11.4. The molecule has 0 saturated carbocycles. The third kappa shape index (κ3) is 3.41. The molecule has 0 radical (unpaired) electrons. The molecule has 98 valence electrons. The van der Waals surface area contributed by atoms with Crippen molar-refractivity contribution in [3.8, 4) is 5.75 Å². The molecule has 0 spiro atoms. The number of carbonyl (C=O) groups excluding carboxylic acids is 1. The molecule has 2 rings (SSSR count). The minimum absolute atomic E-state index is 0.0755. The minimum Gasteiger partial charge on any atom is -0.486 e. The summed E-state index contributed by atoms with van der Waals surface area (Å²) >= 11 is 0. The van der Waals surface area contributed by atoms with Gasteiger partial charge in [0.2, 0.25) is 0 Å². The van der Waals surface area contributed by atoms with Crippen LogP contribution in [0.4, 0.5) is 4.39 Å². The van der Waals surface area contributed by atoms with Gasteiger partial charge in [0.25, 0.3) is 0 Å². The van der Waals surface area contributed by atoms with E-state index in [1.807, 2.05) is 30.3 Å². The third-order valence-electron chi connectivity index (χ3n) is 2.81. The van der Waals surface area contributed by atoms with Gasteiger partial charge in [-0.3, -0.25) is 4.79 Å². The molecule has 0 aliphatic carbocycles. The predicted molar refractivity (Wildman–Crippen MR) is 71.8 cm³/mol. The summed E-state index contributed by atoms with van der Waals surface area (Å²) in [5, 5.41) is 0. The predicted octanol–water partition coefficient (Wildman–Crippen LogP) is 4.00. The Hall–Kier alpha value is -2.16. The van der Waals surface area contributed by atoms with Gasteiger partial charge in [0.1, 0.15) is 6.61 Å². The number of hydrogen-bond donors (Lipinski definition) is 0. The van der Waals surface area contributed by atoms with E-state index in [9.17, 15) is 9.18 Å². The highest BCUT2D eigenvalue weighted by molar-refractivity contribution is 5.95. The van der Waals surface area contributed by atoms with Crippen LogP contribution in [0.3, 0.4) is 0 Å². The maximum Gasteiger partial charge on any atom is 0.165 e. The summed E-state index contributed by atoms with van der Waals surface area (Å²) in [7, 11) is 0. The van der Waals surface area contributed by atoms with Crippen molar-refractivity contribution in [2.75, 3.05) is 0 Å². The number of halogens is 1. The molecule has 19 heavy (non-hydrogen) atoms. The van der Waals surface area contributed by atoms with Gasteiger partial charge in [-0.1, -0.05) is 37.3 Å². The average molecular weight is 258 g/mol. The van der Waals surface area contributed by atoms with E-state index >= 15 is 0 Å². The molecule has 0 bridgehead atoms. The van der Waals surface area contributed by atoms with Crippen molar-refractivity contribution in [3.05, 3.63) is 65.5 Å². The number of rotatable bonds is 5. The van der Waals surface area contributed by atoms with Crippen LogP contribution in [0.1, 0.15) is 29.3 Å². The second kappa shape index (κ2) is 6.14. The first kappa shape index (κ1) is 13.3. The van der Waals surface area contributed by atoms with Gasteiger partial charge in [0.15, 0.2) is 17.3 Å². The molecule has 0 unspecified atom stereocenters. The molecule has 0 atom stereocenters. The highest BCUT2D eigenvalue weighted by atomic mass is 19.1. The van der Waals surface area contributed by atoms with Crippen molar-refractivity contribution in [3.63, 3.8) is 0 Å². The van der Waals surface area contributed by atoms with E-state index in [4.69, 9.17) is 4.74 Å². The molecule has 3 heteroatoms. The number of benzene rings is 2. The van der Waals surface area contributed by atoms with E-state index in [2.05, 4.69) is 0 Å². The van der Waals surface area contributed by atoms with Crippen LogP contribution in [0.2, 0.25) is 0 Å². The number of Topliss-reactive ketones (excluding diaryl/α,β-unsaturated/α-hetero) is 1. The van der Waals surface area contributed by atoms with Crippen molar-refractivity contribution >= 4 is 5.78 Å². The van der Waals surface area contributed by atoms with Gasteiger partial charge in [0.05, 0.1) is 0 Å². The van der Waals surface area contributed by atoms with Gasteiger partial charge in [-0.25, -0.2) is 4.39 Å². The molecular formula is C16H15FO2. The highest BCUT2D eigenvalue weighted by Gasteiger charge is 2.09. The van der Waals surface area contributed by atoms with Crippen molar-refractivity contribution in [2.24, 2.45) is 0 Å². The van der Waals surface area contributed by atoms with Crippen LogP contribution in [-0.4, -0.2) is 5.78 Å². The largest absolute Gasteiger partial charge is 0.486 e. The summed E-state index contributed by atoms with van der Waals surface area (Å²) < 4.78 is 19.2. The van der Waals surface area contributed by atoms with Gasteiger partial charge < -0.3 is 4.74 Å². The lowest BCUT2D eigenvalue weighted by atomic mass is 10.1. The number of carbonyl (C=O) groups is 1. The first-order valence-corrected chi connectivity index (χ1v) is 6.20. The quantitative estimate of drug-likeness (QED) is 0.758. The lowest BCUT2D eigenvalue weighted by molar-refractivity contribution is 0.0987. The molecule has 0 N–H and O–H groups in total. The zero-order valence-electron chi connectivity index (χ0n) is 10.7. The molecule has 0 aliphatic rings. The topological polar surface area (TPSA) is 26.3 Å². The fourth-order valence-electron chi connectivity index (χ4n) is 1.73. The van der Waals surface area contributed by atoms with Crippen LogP contribution in [0, 0.1) is 5.82 Å². The summed E-state index contributed by atoms with van der Waals surface area (Å²) in [5.41, 5.74) is 1.35. The number of hydrogen-bond acceptors (Lipinski definition) is 2. The van der Waals surface area contributed by atoms with Crippen LogP contribution >= 0.6 is 0 Å². The van der Waals surface area contributed by atoms with Gasteiger partial charge in [0, 0.05) is 12.0 Å². The van der Waals surface area contributed by atoms with Crippen LogP contribution in [0.15, 0.2) is 48.5 Å². The maximum absolute atomic E-state index is 13.8. The zero-order chi connectivity index (χ0) is 13.7. The standard InChI is InChI=1S/C16H15FO2/c1-2-15(18)13-8-9-16(14(17)10-13)19-11-12-6-4-3-5-7-12/h3-10H,2,11H2,1H3. The van der Waals surface area contributed by atoms with Gasteiger partial charge >= 0.3 is 0 Å². The Morgan fingerprint density at radius 1 is 1.16 bits per heavy atom. The van der Waals surface area contributed by atoms with E-state index in [1.54, 1.807) is 13.0 Å². The molecule has 0 aromatic heterocycles. The van der Waals surface area contributed by atoms with Crippen LogP contribution < -0.4 is 4.74 Å². The fourth-order valence-corrected chi connectivity index (χ4v) is 1.73. The summed E-state index contributed by atoms with van der Waals surface area (Å²) in [6.07, 6.45) is 0.365. The molecule has 0 saturated heterocycles. The first-order chi connectivity index (χ1) is 9.20. The Bertz CT molecular complexity index is 564. The smallest absolute Gasteiger partial charge is 0.165 e. The molecule has 0 heterocycles. The van der Waals surface area contributed by atoms with E-state index in [-0.39, 0.29) is 11.5 Å². The average Bonchev–Trinajstić information content (AvgIpc) is 2.46. The van der Waals surface area contributed by atoms with Crippen molar-refractivity contribution in [2.45, 2.75) is 20.0 Å². The lowest BCUT2D eigenvalue weighted by Crippen LogP contribution is -2.01. The van der Waals surface area contributed by atoms with E-state index < -0.39 is 5.82 Å². The minimum atomic E-state index is -0.504. The zero-order valence-corrected chi connectivity index (χ0v) is 10.7. The first-order valence-electron chi connectivity index (χ1n) is 6.20. The Morgan fingerprint density at radius 2 is 1.89 bits per heavy atom. The molecule has 2 aromatic carbocycles. The Balaban J connectivity index is 2.07. The van der Waals surface area contributed by atoms with Gasteiger partial charge in [-0.15, -0.1) is 0 Å². The van der Waals surface area contributed by atoms with Crippen molar-refractivity contribution in [1.29, 1.82) is 0 Å². The summed E-state index contributed by atoms with van der Waals surface area (Å²) in [6.45, 7) is 2.05. The summed E-state index contributed by atoms with van der Waals surface area (Å²) in [5.74, 6) is -0.416. The third-order valence-corrected chi connectivity index (χ3v) is 2.81. The molecule has 0 fully saturated rings. The van der Waals surface area contributed by atoms with Gasteiger partial charge in [-0.05, 0) is 23.8 Å². The molecular weight excluding hydrogens is 243 g/mol. The monoisotopic (exact) mass is 258 g/mol. The Morgan fingerprint density at radius 3 is 2.53 bits per heavy atom. The second-order valence-corrected chi connectivity index (χ2v) is 4.20. The normalized spacial score (nSPS) is 10.2. The molecule has 2 aromatic rings. The van der Waals surface area contributed by atoms with Gasteiger partial charge in [-0.2, -0.15) is 0 Å². The van der Waals surface area contributed by atoms with E-state index in [0.717, 1.165) is 5.56 Å². The van der Waals surface area contributed by atoms with E-state index in [0.29, 0.717) is 18.6 Å². The second-order valence-electron chi connectivity index (χ2n) is 4.20. The lowest BCUT2D eigenvalue weighted by Gasteiger charge is -2.08. The maximum atomic E-state index is 13.8. The van der Waals surface area contributed by atoms with Crippen LogP contribution in [0.5, 0.6) is 5.75 Å². The molecule has 0 aliphatic heterocycles. The summed E-state index contributed by atoms with van der Waals surface area (Å²) in [6, 6.07) is 13.9.